The summed E-state index contributed by atoms with van der Waals surface area (Å²) < 4.78 is 54.7. The Morgan fingerprint density at radius 2 is 1.90 bits per heavy atom. The van der Waals surface area contributed by atoms with E-state index in [4.69, 9.17) is 4.74 Å². The standard InChI is InChI=1S/C18H27N5O6S2/c1-18(2)16(24)23(13-6-9-31(27,28)11-13)15-14(29-18)10-19-17(21-15)20-12-4-7-22(8-5-12)30(3,25)26/h10,12-13H,4-9,11H2,1-3H3,(H,19,20,21)/t13-/m0/s1. The molecule has 1 N–H and O–H groups in total. The van der Waals surface area contributed by atoms with Gasteiger partial charge in [0.15, 0.2) is 27.0 Å². The van der Waals surface area contributed by atoms with Crippen LogP contribution in [0, 0.1) is 0 Å². The van der Waals surface area contributed by atoms with Crippen LogP contribution in [0.5, 0.6) is 5.75 Å². The summed E-state index contributed by atoms with van der Waals surface area (Å²) in [7, 11) is -6.42. The predicted molar refractivity (Wildman–Crippen MR) is 114 cm³/mol. The van der Waals surface area contributed by atoms with Crippen molar-refractivity contribution < 1.29 is 26.4 Å². The Kier molecular flexibility index (Phi) is 5.41. The molecule has 1 aromatic rings. The molecule has 0 radical (unpaired) electrons. The minimum Gasteiger partial charge on any atom is -0.472 e. The molecule has 0 saturated carbocycles. The maximum Gasteiger partial charge on any atom is 0.272 e. The Labute approximate surface area is 182 Å². The lowest BCUT2D eigenvalue weighted by Gasteiger charge is -2.40. The van der Waals surface area contributed by atoms with Crippen molar-refractivity contribution in [2.45, 2.75) is 50.8 Å². The van der Waals surface area contributed by atoms with Crippen molar-refractivity contribution in [1.82, 2.24) is 14.3 Å². The van der Waals surface area contributed by atoms with Crippen LogP contribution >= 0.6 is 0 Å². The fraction of sp³-hybridized carbons (Fsp3) is 0.722. The molecule has 1 aromatic heterocycles. The summed E-state index contributed by atoms with van der Waals surface area (Å²) in [6.45, 7) is 4.08. The van der Waals surface area contributed by atoms with Crippen LogP contribution in [-0.4, -0.2) is 85.6 Å². The van der Waals surface area contributed by atoms with Crippen LogP contribution in [0.25, 0.3) is 0 Å². The Bertz CT molecular complexity index is 1100. The van der Waals surface area contributed by atoms with E-state index in [2.05, 4.69) is 15.3 Å². The van der Waals surface area contributed by atoms with Crippen LogP contribution in [0.1, 0.15) is 33.1 Å². The quantitative estimate of drug-likeness (QED) is 0.640. The van der Waals surface area contributed by atoms with Gasteiger partial charge in [-0.1, -0.05) is 0 Å². The third-order valence-electron chi connectivity index (χ3n) is 5.89. The average Bonchev–Trinajstić information content (AvgIpc) is 3.02. The van der Waals surface area contributed by atoms with Crippen molar-refractivity contribution in [3.05, 3.63) is 6.20 Å². The lowest BCUT2D eigenvalue weighted by Crippen LogP contribution is -2.56. The van der Waals surface area contributed by atoms with Gasteiger partial charge in [0.05, 0.1) is 30.0 Å². The topological polar surface area (TPSA) is 139 Å². The molecule has 4 heterocycles. The molecular formula is C18H27N5O6S2. The van der Waals surface area contributed by atoms with E-state index in [1.54, 1.807) is 13.8 Å². The maximum absolute atomic E-state index is 13.1. The Morgan fingerprint density at radius 1 is 1.23 bits per heavy atom. The first-order valence-corrected chi connectivity index (χ1v) is 13.8. The highest BCUT2D eigenvalue weighted by Crippen LogP contribution is 2.39. The number of rotatable bonds is 4. The predicted octanol–water partition coefficient (Wildman–Crippen LogP) is 0.00360. The van der Waals surface area contributed by atoms with E-state index in [9.17, 15) is 21.6 Å². The number of fused-ring (bicyclic) bond motifs is 1. The van der Waals surface area contributed by atoms with Gasteiger partial charge in [0, 0.05) is 19.1 Å². The number of hydrogen-bond donors (Lipinski definition) is 1. The van der Waals surface area contributed by atoms with Gasteiger partial charge >= 0.3 is 0 Å². The highest BCUT2D eigenvalue weighted by atomic mass is 32.2. The van der Waals surface area contributed by atoms with Crippen LogP contribution in [0.4, 0.5) is 11.8 Å². The molecule has 4 rings (SSSR count). The number of amides is 1. The number of nitrogens with one attached hydrogen (secondary N) is 1. The first kappa shape index (κ1) is 22.2. The molecule has 2 fully saturated rings. The summed E-state index contributed by atoms with van der Waals surface area (Å²) in [4.78, 5) is 23.3. The third-order valence-corrected chi connectivity index (χ3v) is 8.95. The van der Waals surface area contributed by atoms with Gasteiger partial charge < -0.3 is 10.1 Å². The summed E-state index contributed by atoms with van der Waals surface area (Å²) in [5, 5.41) is 3.21. The van der Waals surface area contributed by atoms with Gasteiger partial charge in [-0.3, -0.25) is 9.69 Å². The molecule has 3 aliphatic heterocycles. The number of sulfonamides is 1. The number of hydrogen-bond acceptors (Lipinski definition) is 9. The summed E-state index contributed by atoms with van der Waals surface area (Å²) in [5.74, 6) is 0.466. The van der Waals surface area contributed by atoms with Crippen molar-refractivity contribution in [3.8, 4) is 5.75 Å². The first-order chi connectivity index (χ1) is 14.4. The summed E-state index contributed by atoms with van der Waals surface area (Å²) in [5.41, 5.74) is -1.16. The van der Waals surface area contributed by atoms with Crippen molar-refractivity contribution in [1.29, 1.82) is 0 Å². The Morgan fingerprint density at radius 3 is 2.48 bits per heavy atom. The lowest BCUT2D eigenvalue weighted by molar-refractivity contribution is -0.133. The van der Waals surface area contributed by atoms with Gasteiger partial charge in [0.2, 0.25) is 16.0 Å². The number of anilines is 2. The molecule has 172 valence electrons. The normalized spacial score (nSPS) is 26.4. The molecule has 0 aromatic carbocycles. The van der Waals surface area contributed by atoms with Gasteiger partial charge in [-0.2, -0.15) is 4.98 Å². The number of aromatic nitrogens is 2. The minimum absolute atomic E-state index is 0.0204. The second kappa shape index (κ2) is 7.55. The number of nitrogens with zero attached hydrogens (tertiary/aromatic N) is 4. The lowest BCUT2D eigenvalue weighted by atomic mass is 10.0. The summed E-state index contributed by atoms with van der Waals surface area (Å²) >= 11 is 0. The number of carbonyl (C=O) groups excluding carboxylic acids is 1. The van der Waals surface area contributed by atoms with Gasteiger partial charge in [-0.25, -0.2) is 26.1 Å². The van der Waals surface area contributed by atoms with Crippen LogP contribution in [0.2, 0.25) is 0 Å². The Hall–Kier alpha value is -1.99. The maximum atomic E-state index is 13.1. The van der Waals surface area contributed by atoms with E-state index in [1.807, 2.05) is 0 Å². The fourth-order valence-corrected chi connectivity index (χ4v) is 6.79. The van der Waals surface area contributed by atoms with E-state index in [1.165, 1.54) is 21.7 Å². The van der Waals surface area contributed by atoms with Crippen molar-refractivity contribution in [2.75, 3.05) is 41.1 Å². The summed E-state index contributed by atoms with van der Waals surface area (Å²) in [6, 6.07) is -0.520. The Balaban J connectivity index is 1.57. The largest absolute Gasteiger partial charge is 0.472 e. The molecule has 1 atom stereocenters. The molecular weight excluding hydrogens is 446 g/mol. The fourth-order valence-electron chi connectivity index (χ4n) is 4.21. The molecule has 0 aliphatic carbocycles. The number of sulfone groups is 1. The molecule has 0 bridgehead atoms. The van der Waals surface area contributed by atoms with Gasteiger partial charge in [0.1, 0.15) is 0 Å². The van der Waals surface area contributed by atoms with Crippen LogP contribution in [0.3, 0.4) is 0 Å². The molecule has 31 heavy (non-hydrogen) atoms. The third kappa shape index (κ3) is 4.48. The smallest absolute Gasteiger partial charge is 0.272 e. The second-order valence-corrected chi connectivity index (χ2v) is 13.0. The zero-order valence-electron chi connectivity index (χ0n) is 17.7. The van der Waals surface area contributed by atoms with E-state index in [0.717, 1.165) is 0 Å². The molecule has 13 heteroatoms. The van der Waals surface area contributed by atoms with Gasteiger partial charge in [0.25, 0.3) is 5.91 Å². The zero-order chi connectivity index (χ0) is 22.6. The minimum atomic E-state index is -3.21. The van der Waals surface area contributed by atoms with Crippen LogP contribution in [-0.2, 0) is 24.7 Å². The van der Waals surface area contributed by atoms with Crippen molar-refractivity contribution >= 4 is 37.5 Å². The first-order valence-electron chi connectivity index (χ1n) is 10.2. The van der Waals surface area contributed by atoms with Crippen molar-refractivity contribution in [3.63, 3.8) is 0 Å². The van der Waals surface area contributed by atoms with Gasteiger partial charge in [-0.15, -0.1) is 0 Å². The molecule has 2 saturated heterocycles. The highest BCUT2D eigenvalue weighted by molar-refractivity contribution is 7.91. The molecule has 11 nitrogen and oxygen atoms in total. The summed E-state index contributed by atoms with van der Waals surface area (Å²) in [6.07, 6.45) is 4.23. The van der Waals surface area contributed by atoms with Crippen LogP contribution < -0.4 is 15.0 Å². The zero-order valence-corrected chi connectivity index (χ0v) is 19.4. The number of piperidine rings is 1. The van der Waals surface area contributed by atoms with E-state index in [0.29, 0.717) is 44.0 Å². The SMILES string of the molecule is CC1(C)Oc2cnc(NC3CCN(S(C)(=O)=O)CC3)nc2N([C@H]2CCS(=O)(=O)C2)C1=O. The van der Waals surface area contributed by atoms with Crippen molar-refractivity contribution in [2.24, 2.45) is 0 Å². The number of carbonyl (C=O) groups is 1. The second-order valence-electron chi connectivity index (χ2n) is 8.81. The van der Waals surface area contributed by atoms with E-state index in [-0.39, 0.29) is 29.3 Å². The van der Waals surface area contributed by atoms with E-state index >= 15 is 0 Å². The van der Waals surface area contributed by atoms with Gasteiger partial charge in [-0.05, 0) is 33.1 Å². The van der Waals surface area contributed by atoms with Crippen LogP contribution in [0.15, 0.2) is 6.20 Å². The molecule has 0 spiro atoms. The number of ether oxygens (including phenoxy) is 1. The molecule has 1 amide bonds. The monoisotopic (exact) mass is 473 g/mol. The highest BCUT2D eigenvalue weighted by Gasteiger charge is 2.47. The average molecular weight is 474 g/mol. The molecule has 0 unspecified atom stereocenters. The van der Waals surface area contributed by atoms with E-state index < -0.39 is 31.5 Å². The molecule has 3 aliphatic rings.